The molecule has 27 heavy (non-hydrogen) atoms. The van der Waals surface area contributed by atoms with Gasteiger partial charge in [-0.1, -0.05) is 35.5 Å². The van der Waals surface area contributed by atoms with Crippen LogP contribution in [0.5, 0.6) is 0 Å². The maximum atomic E-state index is 10.6. The van der Waals surface area contributed by atoms with Gasteiger partial charge in [-0.25, -0.2) is 15.0 Å². The van der Waals surface area contributed by atoms with Gasteiger partial charge in [0.15, 0.2) is 17.6 Å². The molecular weight excluding hydrogens is 344 g/mol. The summed E-state index contributed by atoms with van der Waals surface area (Å²) in [6.07, 6.45) is 2.95. The maximum absolute atomic E-state index is 10.6. The number of oxime groups is 1. The number of imidazole rings is 1. The highest BCUT2D eigenvalue weighted by molar-refractivity contribution is 6.03. The fourth-order valence-electron chi connectivity index (χ4n) is 4.17. The van der Waals surface area contributed by atoms with Crippen molar-refractivity contribution in [2.75, 3.05) is 11.9 Å². The van der Waals surface area contributed by atoms with Gasteiger partial charge in [-0.05, 0) is 18.9 Å². The third-order valence-electron chi connectivity index (χ3n) is 5.35. The van der Waals surface area contributed by atoms with Crippen molar-refractivity contribution in [3.05, 3.63) is 48.5 Å². The average molecular weight is 364 g/mol. The fourth-order valence-corrected chi connectivity index (χ4v) is 4.17. The molecule has 5 rings (SSSR count). The molecule has 1 aliphatic heterocycles. The molecule has 8 nitrogen and oxygen atoms in total. The molecule has 2 aliphatic rings. The van der Waals surface area contributed by atoms with Crippen molar-refractivity contribution in [2.45, 2.75) is 31.6 Å². The van der Waals surface area contributed by atoms with E-state index in [0.717, 1.165) is 34.8 Å². The summed E-state index contributed by atoms with van der Waals surface area (Å²) >= 11 is 0. The van der Waals surface area contributed by atoms with E-state index >= 15 is 0 Å². The monoisotopic (exact) mass is 364 g/mol. The lowest BCUT2D eigenvalue weighted by Crippen LogP contribution is -2.29. The number of nitrogens with one attached hydrogen (secondary N) is 1. The van der Waals surface area contributed by atoms with Crippen molar-refractivity contribution in [1.82, 2.24) is 19.5 Å². The lowest BCUT2D eigenvalue weighted by atomic mass is 9.91. The molecular formula is C19H20N6O2. The van der Waals surface area contributed by atoms with Gasteiger partial charge in [-0.3, -0.25) is 0 Å². The molecule has 0 unspecified atom stereocenters. The van der Waals surface area contributed by atoms with Gasteiger partial charge in [0.1, 0.15) is 11.8 Å². The predicted molar refractivity (Wildman–Crippen MR) is 100 cm³/mol. The van der Waals surface area contributed by atoms with Crippen molar-refractivity contribution in [1.29, 1.82) is 0 Å². The molecule has 4 atom stereocenters. The molecule has 2 N–H and O–H groups in total. The molecule has 0 radical (unpaired) electrons. The van der Waals surface area contributed by atoms with Crippen molar-refractivity contribution >= 4 is 22.7 Å². The Morgan fingerprint density at radius 1 is 1.22 bits per heavy atom. The second-order valence-electron chi connectivity index (χ2n) is 6.89. The molecule has 1 saturated carbocycles. The van der Waals surface area contributed by atoms with Crippen LogP contribution in [0.3, 0.4) is 0 Å². The molecule has 3 heterocycles. The van der Waals surface area contributed by atoms with Gasteiger partial charge in [-0.15, -0.1) is 0 Å². The minimum Gasteiger partial charge on any atom is -0.389 e. The Morgan fingerprint density at radius 2 is 2.07 bits per heavy atom. The summed E-state index contributed by atoms with van der Waals surface area (Å²) < 4.78 is 2.03. The highest BCUT2D eigenvalue weighted by Gasteiger charge is 2.52. The van der Waals surface area contributed by atoms with E-state index in [1.54, 1.807) is 12.7 Å². The Balaban J connectivity index is 1.58. The van der Waals surface area contributed by atoms with Crippen molar-refractivity contribution < 1.29 is 9.94 Å². The van der Waals surface area contributed by atoms with Crippen LogP contribution in [-0.4, -0.2) is 49.1 Å². The van der Waals surface area contributed by atoms with Gasteiger partial charge in [0.05, 0.1) is 30.1 Å². The van der Waals surface area contributed by atoms with Crippen LogP contribution in [0.2, 0.25) is 0 Å². The molecule has 3 aromatic rings. The van der Waals surface area contributed by atoms with E-state index in [9.17, 15) is 5.11 Å². The van der Waals surface area contributed by atoms with Gasteiger partial charge in [0, 0.05) is 6.54 Å². The van der Waals surface area contributed by atoms with E-state index in [1.165, 1.54) is 0 Å². The number of aliphatic hydroxyl groups excluding tert-OH is 1. The summed E-state index contributed by atoms with van der Waals surface area (Å²) in [7, 11) is 0. The van der Waals surface area contributed by atoms with Crippen LogP contribution in [0.15, 0.2) is 48.1 Å². The summed E-state index contributed by atoms with van der Waals surface area (Å²) in [5.74, 6) is 0.660. The molecule has 138 valence electrons. The number of anilines is 1. The van der Waals surface area contributed by atoms with Crippen molar-refractivity contribution in [3.8, 4) is 0 Å². The van der Waals surface area contributed by atoms with E-state index in [0.29, 0.717) is 6.42 Å². The largest absolute Gasteiger partial charge is 0.389 e. The molecule has 0 amide bonds. The first kappa shape index (κ1) is 16.2. The second-order valence-corrected chi connectivity index (χ2v) is 6.89. The number of nitrogens with zero attached hydrogens (tertiary/aromatic N) is 5. The SMILES string of the molecule is CCNc1ncnc2c1ncn2[C@@H]1C[C@H](O)[C@H]2ON=C(c3ccccc3)[C@H]21. The summed E-state index contributed by atoms with van der Waals surface area (Å²) in [6, 6.07) is 9.93. The Morgan fingerprint density at radius 3 is 2.89 bits per heavy atom. The fraction of sp³-hybridized carbons (Fsp3) is 0.368. The molecule has 1 aromatic carbocycles. The minimum absolute atomic E-state index is 0.0409. The predicted octanol–water partition coefficient (Wildman–Crippen LogP) is 1.98. The van der Waals surface area contributed by atoms with Crippen LogP contribution in [0.4, 0.5) is 5.82 Å². The second kappa shape index (κ2) is 6.31. The molecule has 2 aromatic heterocycles. The van der Waals surface area contributed by atoms with Crippen molar-refractivity contribution in [3.63, 3.8) is 0 Å². The number of hydrogen-bond donors (Lipinski definition) is 2. The van der Waals surface area contributed by atoms with Gasteiger partial charge in [0.2, 0.25) is 0 Å². The quantitative estimate of drug-likeness (QED) is 0.735. The zero-order chi connectivity index (χ0) is 18.4. The smallest absolute Gasteiger partial charge is 0.165 e. The van der Waals surface area contributed by atoms with E-state index in [1.807, 2.05) is 41.8 Å². The van der Waals surface area contributed by atoms with Crippen LogP contribution in [0.1, 0.15) is 24.9 Å². The molecule has 0 spiro atoms. The normalized spacial score (nSPS) is 26.7. The minimum atomic E-state index is -0.586. The standard InChI is InChI=1S/C19H20N6O2/c1-2-20-18-16-19(22-9-21-18)25(10-23-16)12-8-13(26)17-14(12)15(24-27-17)11-6-4-3-5-7-11/h3-7,9-10,12-14,17,26H,2,8H2,1H3,(H,20,21,22)/t12-,13+,14-,17-/m1/s1. The third-order valence-corrected chi connectivity index (χ3v) is 5.35. The van der Waals surface area contributed by atoms with Gasteiger partial charge < -0.3 is 19.8 Å². The lowest BCUT2D eigenvalue weighted by molar-refractivity contribution is -0.0104. The Kier molecular flexibility index (Phi) is 3.78. The van der Waals surface area contributed by atoms with Crippen LogP contribution in [0.25, 0.3) is 11.2 Å². The maximum Gasteiger partial charge on any atom is 0.165 e. The summed E-state index contributed by atoms with van der Waals surface area (Å²) in [5, 5.41) is 18.1. The first-order valence-electron chi connectivity index (χ1n) is 9.16. The number of aliphatic hydroxyl groups is 1. The Bertz CT molecular complexity index is 1000. The first-order valence-corrected chi connectivity index (χ1v) is 9.16. The van der Waals surface area contributed by atoms with Crippen LogP contribution < -0.4 is 5.32 Å². The van der Waals surface area contributed by atoms with Gasteiger partial charge in [0.25, 0.3) is 0 Å². The topological polar surface area (TPSA) is 97.5 Å². The Hall–Kier alpha value is -3.00. The van der Waals surface area contributed by atoms with Crippen LogP contribution >= 0.6 is 0 Å². The first-order chi connectivity index (χ1) is 13.3. The van der Waals surface area contributed by atoms with E-state index < -0.39 is 6.10 Å². The summed E-state index contributed by atoms with van der Waals surface area (Å²) in [4.78, 5) is 18.9. The number of fused-ring (bicyclic) bond motifs is 2. The summed E-state index contributed by atoms with van der Waals surface area (Å²) in [6.45, 7) is 2.77. The molecule has 0 saturated heterocycles. The number of aromatic nitrogens is 4. The summed E-state index contributed by atoms with van der Waals surface area (Å²) in [5.41, 5.74) is 3.36. The van der Waals surface area contributed by atoms with Crippen molar-refractivity contribution in [2.24, 2.45) is 11.1 Å². The molecule has 8 heteroatoms. The number of benzene rings is 1. The van der Waals surface area contributed by atoms with E-state index in [-0.39, 0.29) is 18.1 Å². The molecule has 1 aliphatic carbocycles. The van der Waals surface area contributed by atoms with Crippen LogP contribution in [0, 0.1) is 5.92 Å². The van der Waals surface area contributed by atoms with E-state index in [2.05, 4.69) is 25.4 Å². The highest BCUT2D eigenvalue weighted by atomic mass is 16.7. The molecule has 1 fully saturated rings. The van der Waals surface area contributed by atoms with E-state index in [4.69, 9.17) is 4.84 Å². The zero-order valence-corrected chi connectivity index (χ0v) is 14.9. The molecule has 0 bridgehead atoms. The van der Waals surface area contributed by atoms with Crippen LogP contribution in [-0.2, 0) is 4.84 Å². The zero-order valence-electron chi connectivity index (χ0n) is 14.9. The Labute approximate surface area is 155 Å². The van der Waals surface area contributed by atoms with Gasteiger partial charge in [-0.2, -0.15) is 0 Å². The van der Waals surface area contributed by atoms with Gasteiger partial charge >= 0.3 is 0 Å². The number of rotatable bonds is 4. The number of hydrogen-bond acceptors (Lipinski definition) is 7. The lowest BCUT2D eigenvalue weighted by Gasteiger charge is -2.20. The third kappa shape index (κ3) is 2.48. The highest BCUT2D eigenvalue weighted by Crippen LogP contribution is 2.44. The average Bonchev–Trinajstić information content (AvgIpc) is 3.39.